The number of aliphatic hydroxyl groups is 1. The Labute approximate surface area is 189 Å². The van der Waals surface area contributed by atoms with Gasteiger partial charge in [-0.05, 0) is 31.0 Å². The molecule has 32 heavy (non-hydrogen) atoms. The van der Waals surface area contributed by atoms with E-state index >= 15 is 0 Å². The molecule has 0 aromatic heterocycles. The van der Waals surface area contributed by atoms with E-state index in [-0.39, 0.29) is 11.3 Å². The minimum absolute atomic E-state index is 0.0728. The molecular weight excluding hydrogens is 406 g/mol. The molecule has 0 aliphatic carbocycles. The minimum atomic E-state index is -0.719. The highest BCUT2D eigenvalue weighted by Gasteiger charge is 2.46. The summed E-state index contributed by atoms with van der Waals surface area (Å²) in [6.45, 7) is 5.07. The van der Waals surface area contributed by atoms with Crippen LogP contribution in [-0.2, 0) is 9.59 Å². The van der Waals surface area contributed by atoms with Crippen LogP contribution >= 0.6 is 0 Å². The smallest absolute Gasteiger partial charge is 0.295 e. The molecule has 6 heteroatoms. The van der Waals surface area contributed by atoms with Crippen molar-refractivity contribution in [3.05, 3.63) is 65.2 Å². The fraction of sp³-hybridized carbons (Fsp3) is 0.385. The lowest BCUT2D eigenvalue weighted by Crippen LogP contribution is -2.30. The molecule has 0 radical (unpaired) electrons. The number of nitrogens with zero attached hydrogens (tertiary/aromatic N) is 1. The predicted octanol–water partition coefficient (Wildman–Crippen LogP) is 5.10. The molecular formula is C26H31NO5. The van der Waals surface area contributed by atoms with Crippen LogP contribution < -0.4 is 9.47 Å². The summed E-state index contributed by atoms with van der Waals surface area (Å²) in [5, 5.41) is 11.2. The molecule has 1 saturated heterocycles. The van der Waals surface area contributed by atoms with Crippen molar-refractivity contribution in [3.63, 3.8) is 0 Å². The van der Waals surface area contributed by atoms with Crippen molar-refractivity contribution < 1.29 is 24.2 Å². The highest BCUT2D eigenvalue weighted by molar-refractivity contribution is 6.46. The Balaban J connectivity index is 2.12. The van der Waals surface area contributed by atoms with Crippen LogP contribution in [0.3, 0.4) is 0 Å². The second-order valence-corrected chi connectivity index (χ2v) is 7.82. The van der Waals surface area contributed by atoms with Crippen molar-refractivity contribution in [1.82, 2.24) is 4.90 Å². The van der Waals surface area contributed by atoms with E-state index in [2.05, 4.69) is 6.92 Å². The van der Waals surface area contributed by atoms with Gasteiger partial charge in [-0.15, -0.1) is 0 Å². The van der Waals surface area contributed by atoms with Gasteiger partial charge in [-0.2, -0.15) is 0 Å². The number of likely N-dealkylation sites (tertiary alicyclic amines) is 1. The van der Waals surface area contributed by atoms with Crippen molar-refractivity contribution in [2.45, 2.75) is 45.6 Å². The third-order valence-electron chi connectivity index (χ3n) is 5.56. The maximum Gasteiger partial charge on any atom is 0.295 e. The Morgan fingerprint density at radius 1 is 1.03 bits per heavy atom. The average molecular weight is 438 g/mol. The maximum absolute atomic E-state index is 13.1. The van der Waals surface area contributed by atoms with Crippen molar-refractivity contribution >= 4 is 17.4 Å². The first-order valence-corrected chi connectivity index (χ1v) is 11.2. The van der Waals surface area contributed by atoms with Gasteiger partial charge in [0.05, 0.1) is 25.3 Å². The number of hydrogen-bond acceptors (Lipinski definition) is 5. The molecule has 1 fully saturated rings. The number of carbonyl (C=O) groups is 2. The predicted molar refractivity (Wildman–Crippen MR) is 124 cm³/mol. The van der Waals surface area contributed by atoms with Gasteiger partial charge in [0.25, 0.3) is 11.7 Å². The van der Waals surface area contributed by atoms with Gasteiger partial charge >= 0.3 is 0 Å². The average Bonchev–Trinajstić information content (AvgIpc) is 3.07. The lowest BCUT2D eigenvalue weighted by Gasteiger charge is -2.26. The summed E-state index contributed by atoms with van der Waals surface area (Å²) >= 11 is 0. The van der Waals surface area contributed by atoms with Crippen LogP contribution in [0.1, 0.15) is 56.7 Å². The fourth-order valence-corrected chi connectivity index (χ4v) is 3.97. The first kappa shape index (κ1) is 23.4. The standard InChI is InChI=1S/C26H31NO5/c1-4-6-9-15-27-23(20-13-7-8-14-21(20)31-3)22(25(29)26(27)30)24(28)18-11-10-12-19(17-18)32-16-5-2/h7-8,10-14,17,23,28H,4-6,9,15-16H2,1-3H3/b24-22-. The number of amides is 1. The van der Waals surface area contributed by atoms with Gasteiger partial charge in [-0.3, -0.25) is 9.59 Å². The van der Waals surface area contributed by atoms with Gasteiger partial charge in [0.1, 0.15) is 17.3 Å². The minimum Gasteiger partial charge on any atom is -0.507 e. The van der Waals surface area contributed by atoms with Gasteiger partial charge in [0, 0.05) is 17.7 Å². The molecule has 3 rings (SSSR count). The number of benzene rings is 2. The van der Waals surface area contributed by atoms with Crippen LogP contribution in [0.2, 0.25) is 0 Å². The normalized spacial score (nSPS) is 17.6. The van der Waals surface area contributed by atoms with E-state index in [1.807, 2.05) is 25.1 Å². The van der Waals surface area contributed by atoms with E-state index in [1.165, 1.54) is 0 Å². The number of aliphatic hydroxyl groups excluding tert-OH is 1. The van der Waals surface area contributed by atoms with Gasteiger partial charge in [0.2, 0.25) is 0 Å². The summed E-state index contributed by atoms with van der Waals surface area (Å²) in [5.74, 6) is -0.335. The second kappa shape index (κ2) is 10.8. The Kier molecular flexibility index (Phi) is 7.92. The van der Waals surface area contributed by atoms with Crippen LogP contribution in [-0.4, -0.2) is 42.0 Å². The Morgan fingerprint density at radius 3 is 2.53 bits per heavy atom. The molecule has 0 spiro atoms. The Bertz CT molecular complexity index is 997. The van der Waals surface area contributed by atoms with E-state index in [1.54, 1.807) is 42.3 Å². The first-order chi connectivity index (χ1) is 15.5. The quantitative estimate of drug-likeness (QED) is 0.242. The number of para-hydroxylation sites is 1. The number of hydrogen-bond donors (Lipinski definition) is 1. The molecule has 2 aromatic carbocycles. The lowest BCUT2D eigenvalue weighted by molar-refractivity contribution is -0.139. The van der Waals surface area contributed by atoms with E-state index in [4.69, 9.17) is 9.47 Å². The fourth-order valence-electron chi connectivity index (χ4n) is 3.97. The van der Waals surface area contributed by atoms with Gasteiger partial charge in [0.15, 0.2) is 0 Å². The molecule has 1 heterocycles. The van der Waals surface area contributed by atoms with Crippen molar-refractivity contribution in [3.8, 4) is 11.5 Å². The molecule has 1 N–H and O–H groups in total. The van der Waals surface area contributed by atoms with Crippen LogP contribution in [0.5, 0.6) is 11.5 Å². The maximum atomic E-state index is 13.1. The summed E-state index contributed by atoms with van der Waals surface area (Å²) in [6.07, 6.45) is 3.56. The van der Waals surface area contributed by atoms with Crippen LogP contribution in [0.15, 0.2) is 54.1 Å². The third-order valence-corrected chi connectivity index (χ3v) is 5.56. The van der Waals surface area contributed by atoms with Crippen molar-refractivity contribution in [2.75, 3.05) is 20.3 Å². The molecule has 1 amide bonds. The topological polar surface area (TPSA) is 76.1 Å². The molecule has 6 nitrogen and oxygen atoms in total. The lowest BCUT2D eigenvalue weighted by atomic mass is 9.94. The zero-order valence-corrected chi connectivity index (χ0v) is 19.0. The number of ether oxygens (including phenoxy) is 2. The monoisotopic (exact) mass is 437 g/mol. The van der Waals surface area contributed by atoms with Crippen LogP contribution in [0.4, 0.5) is 0 Å². The zero-order valence-electron chi connectivity index (χ0n) is 19.0. The molecule has 1 aliphatic heterocycles. The summed E-state index contributed by atoms with van der Waals surface area (Å²) < 4.78 is 11.2. The molecule has 0 bridgehead atoms. The van der Waals surface area contributed by atoms with Crippen LogP contribution in [0, 0.1) is 0 Å². The molecule has 0 saturated carbocycles. The summed E-state index contributed by atoms with van der Waals surface area (Å²) in [7, 11) is 1.55. The van der Waals surface area contributed by atoms with Gasteiger partial charge in [-0.25, -0.2) is 0 Å². The largest absolute Gasteiger partial charge is 0.507 e. The third kappa shape index (κ3) is 4.79. The van der Waals surface area contributed by atoms with E-state index in [9.17, 15) is 14.7 Å². The number of Topliss-reactive ketones (excluding diaryl/α,β-unsaturated/α-hetero) is 1. The molecule has 1 unspecified atom stereocenters. The van der Waals surface area contributed by atoms with Gasteiger partial charge < -0.3 is 19.5 Å². The number of unbranched alkanes of at least 4 members (excludes halogenated alkanes) is 2. The number of ketones is 1. The summed E-state index contributed by atoms with van der Waals surface area (Å²) in [4.78, 5) is 27.7. The summed E-state index contributed by atoms with van der Waals surface area (Å²) in [6, 6.07) is 13.5. The Hall–Kier alpha value is -3.28. The van der Waals surface area contributed by atoms with Crippen molar-refractivity contribution in [1.29, 1.82) is 0 Å². The van der Waals surface area contributed by atoms with Crippen molar-refractivity contribution in [2.24, 2.45) is 0 Å². The van der Waals surface area contributed by atoms with E-state index < -0.39 is 17.7 Å². The highest BCUT2D eigenvalue weighted by Crippen LogP contribution is 2.42. The molecule has 2 aromatic rings. The number of carbonyl (C=O) groups excluding carboxylic acids is 2. The highest BCUT2D eigenvalue weighted by atomic mass is 16.5. The van der Waals surface area contributed by atoms with E-state index in [0.29, 0.717) is 35.8 Å². The van der Waals surface area contributed by atoms with Gasteiger partial charge in [-0.1, -0.05) is 57.0 Å². The Morgan fingerprint density at radius 2 is 1.81 bits per heavy atom. The zero-order chi connectivity index (χ0) is 23.1. The first-order valence-electron chi connectivity index (χ1n) is 11.2. The molecule has 170 valence electrons. The summed E-state index contributed by atoms with van der Waals surface area (Å²) in [5.41, 5.74) is 1.18. The van der Waals surface area contributed by atoms with E-state index in [0.717, 1.165) is 25.7 Å². The second-order valence-electron chi connectivity index (χ2n) is 7.82. The molecule has 1 aliphatic rings. The SMILES string of the molecule is CCCCCN1C(=O)C(=O)/C(=C(\O)c2cccc(OCCC)c2)C1c1ccccc1OC. The van der Waals surface area contributed by atoms with Crippen LogP contribution in [0.25, 0.3) is 5.76 Å². The number of methoxy groups -OCH3 is 1. The molecule has 1 atom stereocenters. The number of rotatable bonds is 10.